The van der Waals surface area contributed by atoms with Crippen molar-refractivity contribution in [1.82, 2.24) is 19.7 Å². The Morgan fingerprint density at radius 2 is 2.07 bits per heavy atom. The van der Waals surface area contributed by atoms with E-state index >= 15 is 0 Å². The van der Waals surface area contributed by atoms with E-state index in [1.165, 1.54) is 35.2 Å². The van der Waals surface area contributed by atoms with Gasteiger partial charge in [0.05, 0.1) is 13.7 Å². The molecule has 2 aliphatic rings. The van der Waals surface area contributed by atoms with Gasteiger partial charge in [0.2, 0.25) is 0 Å². The maximum absolute atomic E-state index is 5.58. The average molecular weight is 360 g/mol. The van der Waals surface area contributed by atoms with Crippen molar-refractivity contribution < 1.29 is 4.74 Å². The highest BCUT2D eigenvalue weighted by atomic mass is 16.5. The molecule has 5 heteroatoms. The molecule has 138 valence electrons. The first-order valence-corrected chi connectivity index (χ1v) is 9.64. The Balaban J connectivity index is 1.41. The number of benzene rings is 1. The number of rotatable bonds is 5. The van der Waals surface area contributed by atoms with Gasteiger partial charge in [0, 0.05) is 54.9 Å². The Bertz CT molecular complexity index is 937. The second-order valence-corrected chi connectivity index (χ2v) is 7.51. The Morgan fingerprint density at radius 3 is 2.93 bits per heavy atom. The average Bonchev–Trinajstić information content (AvgIpc) is 3.29. The predicted octanol–water partition coefficient (Wildman–Crippen LogP) is 3.60. The van der Waals surface area contributed by atoms with Crippen LogP contribution >= 0.6 is 0 Å². The highest BCUT2D eigenvalue weighted by molar-refractivity contribution is 5.38. The van der Waals surface area contributed by atoms with Gasteiger partial charge < -0.3 is 4.74 Å². The van der Waals surface area contributed by atoms with Crippen molar-refractivity contribution in [1.29, 1.82) is 0 Å². The molecule has 0 spiro atoms. The number of hydrogen-bond donors (Lipinski definition) is 0. The summed E-state index contributed by atoms with van der Waals surface area (Å²) in [5.41, 5.74) is 5.24. The number of nitrogens with zero attached hydrogens (tertiary/aromatic N) is 4. The van der Waals surface area contributed by atoms with E-state index in [1.54, 1.807) is 7.11 Å². The van der Waals surface area contributed by atoms with Gasteiger partial charge in [0.25, 0.3) is 0 Å². The third-order valence-corrected chi connectivity index (χ3v) is 5.96. The third kappa shape index (κ3) is 3.02. The summed E-state index contributed by atoms with van der Waals surface area (Å²) in [6.45, 7) is 1.70. The molecule has 1 saturated heterocycles. The van der Waals surface area contributed by atoms with Gasteiger partial charge in [-0.3, -0.25) is 14.6 Å². The highest BCUT2D eigenvalue weighted by Crippen LogP contribution is 2.43. The Hall–Kier alpha value is -2.66. The minimum atomic E-state index is 0.504. The first kappa shape index (κ1) is 16.5. The standard InChI is InChI=1S/C22H24N4O/c1-27-22-8-5-16(12-17(22)15-25-11-3-10-24-25)14-26-18-6-7-21(26)19-4-2-9-23-20(19)13-18/h2-5,8-12,18,21H,6-7,13-15H2,1H3/t18-,21+/m0/s1. The summed E-state index contributed by atoms with van der Waals surface area (Å²) in [6, 6.07) is 14.0. The van der Waals surface area contributed by atoms with E-state index in [-0.39, 0.29) is 0 Å². The van der Waals surface area contributed by atoms with Crippen LogP contribution in [0.1, 0.15) is 41.3 Å². The molecule has 0 N–H and O–H groups in total. The monoisotopic (exact) mass is 360 g/mol. The fourth-order valence-corrected chi connectivity index (χ4v) is 4.71. The van der Waals surface area contributed by atoms with Crippen molar-refractivity contribution >= 4 is 0 Å². The molecule has 0 amide bonds. The summed E-state index contributed by atoms with van der Waals surface area (Å²) in [5, 5.41) is 4.34. The fourth-order valence-electron chi connectivity index (χ4n) is 4.71. The van der Waals surface area contributed by atoms with Crippen LogP contribution in [0.25, 0.3) is 0 Å². The molecule has 5 nitrogen and oxygen atoms in total. The van der Waals surface area contributed by atoms with Crippen LogP contribution in [0.4, 0.5) is 0 Å². The second-order valence-electron chi connectivity index (χ2n) is 7.51. The van der Waals surface area contributed by atoms with E-state index in [0.717, 1.165) is 25.3 Å². The van der Waals surface area contributed by atoms with Crippen LogP contribution in [0.3, 0.4) is 0 Å². The van der Waals surface area contributed by atoms with Gasteiger partial charge >= 0.3 is 0 Å². The van der Waals surface area contributed by atoms with E-state index in [1.807, 2.05) is 29.3 Å². The molecule has 1 fully saturated rings. The lowest BCUT2D eigenvalue weighted by Crippen LogP contribution is -2.37. The smallest absolute Gasteiger partial charge is 0.123 e. The summed E-state index contributed by atoms with van der Waals surface area (Å²) in [5.74, 6) is 0.922. The van der Waals surface area contributed by atoms with Crippen molar-refractivity contribution in [2.45, 2.75) is 44.4 Å². The molecule has 5 rings (SSSR count). The van der Waals surface area contributed by atoms with Crippen molar-refractivity contribution in [2.24, 2.45) is 0 Å². The molecule has 1 aromatic carbocycles. The number of pyridine rings is 1. The maximum Gasteiger partial charge on any atom is 0.123 e. The molecule has 4 heterocycles. The fraction of sp³-hybridized carbons (Fsp3) is 0.364. The SMILES string of the molecule is COc1ccc(CN2[C@H]3CC[C@@H]2c2cccnc2C3)cc1Cn1cccn1. The summed E-state index contributed by atoms with van der Waals surface area (Å²) < 4.78 is 7.52. The van der Waals surface area contributed by atoms with Crippen LogP contribution in [-0.2, 0) is 19.5 Å². The van der Waals surface area contributed by atoms with E-state index in [0.29, 0.717) is 12.1 Å². The molecule has 2 atom stereocenters. The van der Waals surface area contributed by atoms with Crippen molar-refractivity contribution in [3.63, 3.8) is 0 Å². The second kappa shape index (κ2) is 6.82. The molecular weight excluding hydrogens is 336 g/mol. The molecule has 0 radical (unpaired) electrons. The number of hydrogen-bond acceptors (Lipinski definition) is 4. The zero-order valence-corrected chi connectivity index (χ0v) is 15.6. The summed E-state index contributed by atoms with van der Waals surface area (Å²) in [7, 11) is 1.73. The number of ether oxygens (including phenoxy) is 1. The zero-order valence-electron chi connectivity index (χ0n) is 15.6. The zero-order chi connectivity index (χ0) is 18.2. The number of aromatic nitrogens is 3. The summed E-state index contributed by atoms with van der Waals surface area (Å²) >= 11 is 0. The van der Waals surface area contributed by atoms with E-state index in [2.05, 4.69) is 45.3 Å². The third-order valence-electron chi connectivity index (χ3n) is 5.96. The molecule has 0 unspecified atom stereocenters. The van der Waals surface area contributed by atoms with Crippen LogP contribution < -0.4 is 4.74 Å². The maximum atomic E-state index is 5.58. The highest BCUT2D eigenvalue weighted by Gasteiger charge is 2.40. The predicted molar refractivity (Wildman–Crippen MR) is 104 cm³/mol. The number of methoxy groups -OCH3 is 1. The van der Waals surface area contributed by atoms with Crippen LogP contribution in [0.2, 0.25) is 0 Å². The normalized spacial score (nSPS) is 21.2. The van der Waals surface area contributed by atoms with E-state index in [9.17, 15) is 0 Å². The van der Waals surface area contributed by atoms with E-state index in [4.69, 9.17) is 4.74 Å². The molecule has 2 aliphatic heterocycles. The molecule has 2 bridgehead atoms. The molecule has 0 aliphatic carbocycles. The Kier molecular flexibility index (Phi) is 4.17. The minimum absolute atomic E-state index is 0.504. The quantitative estimate of drug-likeness (QED) is 0.697. The lowest BCUT2D eigenvalue weighted by Gasteiger charge is -2.35. The van der Waals surface area contributed by atoms with Crippen LogP contribution in [-0.4, -0.2) is 32.8 Å². The molecule has 27 heavy (non-hydrogen) atoms. The Labute approximate surface area is 159 Å². The van der Waals surface area contributed by atoms with Gasteiger partial charge in [0.15, 0.2) is 0 Å². The molecule has 3 aromatic rings. The van der Waals surface area contributed by atoms with Gasteiger partial charge in [-0.2, -0.15) is 5.10 Å². The Morgan fingerprint density at radius 1 is 1.11 bits per heavy atom. The topological polar surface area (TPSA) is 43.2 Å². The van der Waals surface area contributed by atoms with Crippen LogP contribution in [0, 0.1) is 0 Å². The van der Waals surface area contributed by atoms with Gasteiger partial charge in [-0.05, 0) is 48.2 Å². The van der Waals surface area contributed by atoms with Gasteiger partial charge in [-0.25, -0.2) is 0 Å². The largest absolute Gasteiger partial charge is 0.496 e. The lowest BCUT2D eigenvalue weighted by molar-refractivity contribution is 0.166. The summed E-state index contributed by atoms with van der Waals surface area (Å²) in [6.07, 6.45) is 9.30. The molecule has 2 aromatic heterocycles. The van der Waals surface area contributed by atoms with Crippen molar-refractivity contribution in [3.8, 4) is 5.75 Å². The van der Waals surface area contributed by atoms with Gasteiger partial charge in [-0.15, -0.1) is 0 Å². The first-order chi connectivity index (χ1) is 13.3. The van der Waals surface area contributed by atoms with Crippen molar-refractivity contribution in [3.05, 3.63) is 77.4 Å². The van der Waals surface area contributed by atoms with Crippen molar-refractivity contribution in [2.75, 3.05) is 7.11 Å². The van der Waals surface area contributed by atoms with Gasteiger partial charge in [0.1, 0.15) is 5.75 Å². The first-order valence-electron chi connectivity index (χ1n) is 9.64. The molecular formula is C22H24N4O. The van der Waals surface area contributed by atoms with Crippen LogP contribution in [0.15, 0.2) is 55.0 Å². The summed E-state index contributed by atoms with van der Waals surface area (Å²) in [4.78, 5) is 7.30. The minimum Gasteiger partial charge on any atom is -0.496 e. The van der Waals surface area contributed by atoms with Gasteiger partial charge in [-0.1, -0.05) is 12.1 Å². The van der Waals surface area contributed by atoms with E-state index < -0.39 is 0 Å². The number of fused-ring (bicyclic) bond motifs is 4. The molecule has 0 saturated carbocycles. The lowest BCUT2D eigenvalue weighted by atomic mass is 9.97. The van der Waals surface area contributed by atoms with Crippen LogP contribution in [0.5, 0.6) is 5.75 Å².